The van der Waals surface area contributed by atoms with Crippen LogP contribution in [0.1, 0.15) is 30.0 Å². The van der Waals surface area contributed by atoms with Gasteiger partial charge in [-0.15, -0.1) is 0 Å². The monoisotopic (exact) mass is 247 g/mol. The van der Waals surface area contributed by atoms with Crippen LogP contribution in [0.15, 0.2) is 24.3 Å². The molecule has 0 radical (unpaired) electrons. The maximum absolute atomic E-state index is 12.5. The molecule has 2 nitrogen and oxygen atoms in total. The summed E-state index contributed by atoms with van der Waals surface area (Å²) in [7, 11) is 1.58. The summed E-state index contributed by atoms with van der Waals surface area (Å²) in [5.74, 6) is 0. The van der Waals surface area contributed by atoms with Crippen molar-refractivity contribution in [3.63, 3.8) is 0 Å². The van der Waals surface area contributed by atoms with Gasteiger partial charge in [-0.2, -0.15) is 13.2 Å². The molecule has 1 unspecified atom stereocenters. The molecule has 0 bridgehead atoms. The number of halogens is 3. The van der Waals surface area contributed by atoms with Crippen LogP contribution in [0.3, 0.4) is 0 Å². The molecule has 0 saturated heterocycles. The van der Waals surface area contributed by atoms with E-state index in [1.54, 1.807) is 13.2 Å². The maximum atomic E-state index is 12.5. The van der Waals surface area contributed by atoms with E-state index >= 15 is 0 Å². The number of methoxy groups -OCH3 is 1. The van der Waals surface area contributed by atoms with Crippen LogP contribution in [0.5, 0.6) is 0 Å². The topological polar surface area (TPSA) is 35.2 Å². The molecular weight excluding hydrogens is 231 g/mol. The lowest BCUT2D eigenvalue weighted by molar-refractivity contribution is -0.137. The highest BCUT2D eigenvalue weighted by Crippen LogP contribution is 2.30. The number of rotatable bonds is 5. The molecule has 96 valence electrons. The van der Waals surface area contributed by atoms with Crippen molar-refractivity contribution >= 4 is 0 Å². The van der Waals surface area contributed by atoms with Crippen LogP contribution >= 0.6 is 0 Å². The largest absolute Gasteiger partial charge is 0.416 e. The van der Waals surface area contributed by atoms with Crippen molar-refractivity contribution in [1.29, 1.82) is 0 Å². The van der Waals surface area contributed by atoms with Crippen LogP contribution in [-0.4, -0.2) is 13.7 Å². The molecule has 5 heteroatoms. The Balaban J connectivity index is 2.71. The summed E-state index contributed by atoms with van der Waals surface area (Å²) in [5.41, 5.74) is 5.68. The first-order valence-corrected chi connectivity index (χ1v) is 5.37. The van der Waals surface area contributed by atoms with Gasteiger partial charge in [-0.1, -0.05) is 12.1 Å². The lowest BCUT2D eigenvalue weighted by Gasteiger charge is -2.14. The zero-order chi connectivity index (χ0) is 12.9. The average molecular weight is 247 g/mol. The summed E-state index contributed by atoms with van der Waals surface area (Å²) < 4.78 is 42.3. The predicted molar refractivity (Wildman–Crippen MR) is 59.5 cm³/mol. The van der Waals surface area contributed by atoms with Gasteiger partial charge >= 0.3 is 6.18 Å². The number of hydrogen-bond donors (Lipinski definition) is 1. The van der Waals surface area contributed by atoms with Gasteiger partial charge in [0, 0.05) is 19.8 Å². The van der Waals surface area contributed by atoms with Crippen molar-refractivity contribution in [2.75, 3.05) is 13.7 Å². The predicted octanol–water partition coefficient (Wildman–Crippen LogP) is 3.13. The van der Waals surface area contributed by atoms with E-state index in [4.69, 9.17) is 10.5 Å². The number of ether oxygens (including phenoxy) is 1. The second-order valence-electron chi connectivity index (χ2n) is 3.86. The van der Waals surface area contributed by atoms with Crippen molar-refractivity contribution in [3.05, 3.63) is 35.4 Å². The van der Waals surface area contributed by atoms with Crippen molar-refractivity contribution < 1.29 is 17.9 Å². The molecule has 0 amide bonds. The lowest BCUT2D eigenvalue weighted by atomic mass is 10.0. The SMILES string of the molecule is COCCCC(N)c1cccc(C(F)(F)F)c1. The summed E-state index contributed by atoms with van der Waals surface area (Å²) in [6.45, 7) is 0.562. The number of nitrogens with two attached hydrogens (primary N) is 1. The van der Waals surface area contributed by atoms with Crippen LogP contribution in [-0.2, 0) is 10.9 Å². The number of benzene rings is 1. The Kier molecular flexibility index (Phi) is 4.96. The molecule has 1 rings (SSSR count). The highest BCUT2D eigenvalue weighted by atomic mass is 19.4. The summed E-state index contributed by atoms with van der Waals surface area (Å²) in [6.07, 6.45) is -2.98. The molecule has 1 aromatic rings. The molecule has 0 saturated carbocycles. The van der Waals surface area contributed by atoms with Crippen molar-refractivity contribution in [2.45, 2.75) is 25.1 Å². The zero-order valence-corrected chi connectivity index (χ0v) is 9.63. The van der Waals surface area contributed by atoms with Gasteiger partial charge in [0.15, 0.2) is 0 Å². The highest BCUT2D eigenvalue weighted by molar-refractivity contribution is 5.27. The first kappa shape index (κ1) is 14.0. The smallest absolute Gasteiger partial charge is 0.385 e. The third-order valence-corrected chi connectivity index (χ3v) is 2.51. The molecule has 0 spiro atoms. The maximum Gasteiger partial charge on any atom is 0.416 e. The van der Waals surface area contributed by atoms with E-state index in [1.165, 1.54) is 6.07 Å². The standard InChI is InChI=1S/C12H16F3NO/c1-17-7-3-6-11(16)9-4-2-5-10(8-9)12(13,14)15/h2,4-5,8,11H,3,6-7,16H2,1H3. The van der Waals surface area contributed by atoms with E-state index in [9.17, 15) is 13.2 Å². The van der Waals surface area contributed by atoms with Crippen LogP contribution in [0.4, 0.5) is 13.2 Å². The van der Waals surface area contributed by atoms with Crippen molar-refractivity contribution in [1.82, 2.24) is 0 Å². The fourth-order valence-corrected chi connectivity index (χ4v) is 1.56. The molecule has 17 heavy (non-hydrogen) atoms. The normalized spacial score (nSPS) is 13.7. The molecule has 1 atom stereocenters. The van der Waals surface area contributed by atoms with E-state index in [1.807, 2.05) is 0 Å². The summed E-state index contributed by atoms with van der Waals surface area (Å²) in [5, 5.41) is 0. The van der Waals surface area contributed by atoms with E-state index in [-0.39, 0.29) is 6.04 Å². The molecule has 0 aliphatic heterocycles. The van der Waals surface area contributed by atoms with Gasteiger partial charge < -0.3 is 10.5 Å². The molecular formula is C12H16F3NO. The van der Waals surface area contributed by atoms with Crippen molar-refractivity contribution in [2.24, 2.45) is 5.73 Å². The minimum absolute atomic E-state index is 0.382. The summed E-state index contributed by atoms with van der Waals surface area (Å²) in [6, 6.07) is 4.77. The first-order chi connectivity index (χ1) is 7.95. The second-order valence-corrected chi connectivity index (χ2v) is 3.86. The lowest BCUT2D eigenvalue weighted by Crippen LogP contribution is -2.13. The fraction of sp³-hybridized carbons (Fsp3) is 0.500. The van der Waals surface area contributed by atoms with Crippen LogP contribution in [0.2, 0.25) is 0 Å². The number of alkyl halides is 3. The zero-order valence-electron chi connectivity index (χ0n) is 9.63. The second kappa shape index (κ2) is 6.02. The van der Waals surface area contributed by atoms with Gasteiger partial charge in [-0.05, 0) is 30.5 Å². The fourth-order valence-electron chi connectivity index (χ4n) is 1.56. The third kappa shape index (κ3) is 4.36. The quantitative estimate of drug-likeness (QED) is 0.811. The van der Waals surface area contributed by atoms with Crippen LogP contribution in [0.25, 0.3) is 0 Å². The Morgan fingerprint density at radius 3 is 2.65 bits per heavy atom. The van der Waals surface area contributed by atoms with E-state index in [2.05, 4.69) is 0 Å². The molecule has 0 heterocycles. The van der Waals surface area contributed by atoms with E-state index < -0.39 is 11.7 Å². The van der Waals surface area contributed by atoms with Gasteiger partial charge in [-0.3, -0.25) is 0 Å². The van der Waals surface area contributed by atoms with Gasteiger partial charge in [0.2, 0.25) is 0 Å². The number of hydrogen-bond acceptors (Lipinski definition) is 2. The average Bonchev–Trinajstić information content (AvgIpc) is 2.28. The first-order valence-electron chi connectivity index (χ1n) is 5.37. The molecule has 1 aromatic carbocycles. The Bertz CT molecular complexity index is 352. The molecule has 0 fully saturated rings. The van der Waals surface area contributed by atoms with Gasteiger partial charge in [-0.25, -0.2) is 0 Å². The van der Waals surface area contributed by atoms with E-state index in [0.29, 0.717) is 18.6 Å². The third-order valence-electron chi connectivity index (χ3n) is 2.51. The molecule has 0 aliphatic carbocycles. The van der Waals surface area contributed by atoms with Crippen LogP contribution in [0, 0.1) is 0 Å². The minimum atomic E-state index is -4.32. The highest BCUT2D eigenvalue weighted by Gasteiger charge is 2.30. The summed E-state index contributed by atoms with van der Waals surface area (Å²) in [4.78, 5) is 0. The van der Waals surface area contributed by atoms with Crippen LogP contribution < -0.4 is 5.73 Å². The Morgan fingerprint density at radius 2 is 2.06 bits per heavy atom. The molecule has 0 aromatic heterocycles. The van der Waals surface area contributed by atoms with Gasteiger partial charge in [0.1, 0.15) is 0 Å². The minimum Gasteiger partial charge on any atom is -0.385 e. The molecule has 2 N–H and O–H groups in total. The van der Waals surface area contributed by atoms with Gasteiger partial charge in [0.05, 0.1) is 5.56 Å². The Hall–Kier alpha value is -1.07. The van der Waals surface area contributed by atoms with Crippen molar-refractivity contribution in [3.8, 4) is 0 Å². The van der Waals surface area contributed by atoms with Gasteiger partial charge in [0.25, 0.3) is 0 Å². The molecule has 0 aliphatic rings. The Labute approximate surface area is 98.6 Å². The summed E-state index contributed by atoms with van der Waals surface area (Å²) >= 11 is 0. The Morgan fingerprint density at radius 1 is 1.35 bits per heavy atom. The van der Waals surface area contributed by atoms with E-state index in [0.717, 1.165) is 18.6 Å².